The molecular formula is C23H20BF2N5O2. The fourth-order valence-electron chi connectivity index (χ4n) is 3.41. The van der Waals surface area contributed by atoms with E-state index >= 15 is 0 Å². The van der Waals surface area contributed by atoms with Crippen LogP contribution in [0.25, 0.3) is 0 Å². The highest BCUT2D eigenvalue weighted by Gasteiger charge is 2.20. The predicted octanol–water partition coefficient (Wildman–Crippen LogP) is 1.81. The fourth-order valence-corrected chi connectivity index (χ4v) is 3.41. The maximum atomic E-state index is 14.7. The number of nitrogens with one attached hydrogen (secondary N) is 2. The van der Waals surface area contributed by atoms with Crippen molar-refractivity contribution < 1.29 is 18.4 Å². The number of carbonyl (C=O) groups is 2. The van der Waals surface area contributed by atoms with Crippen molar-refractivity contribution in [2.75, 3.05) is 30.8 Å². The second-order valence-corrected chi connectivity index (χ2v) is 7.64. The van der Waals surface area contributed by atoms with Crippen LogP contribution >= 0.6 is 0 Å². The number of likely N-dealkylation sites (N-methyl/N-ethyl adjacent to an activating group) is 1. The summed E-state index contributed by atoms with van der Waals surface area (Å²) in [5.74, 6) is -1.90. The molecule has 0 saturated heterocycles. The average Bonchev–Trinajstić information content (AvgIpc) is 3.22. The van der Waals surface area contributed by atoms with Crippen molar-refractivity contribution in [3.63, 3.8) is 0 Å². The molecule has 10 heteroatoms. The number of aliphatic imine (C=N–C) groups is 1. The molecule has 0 unspecified atom stereocenters. The van der Waals surface area contributed by atoms with Crippen molar-refractivity contribution in [3.05, 3.63) is 83.1 Å². The van der Waals surface area contributed by atoms with Gasteiger partial charge in [-0.15, -0.1) is 0 Å². The normalized spacial score (nSPS) is 12.9. The molecule has 0 atom stereocenters. The third-order valence-corrected chi connectivity index (χ3v) is 5.16. The van der Waals surface area contributed by atoms with Crippen LogP contribution in [0.1, 0.15) is 26.3 Å². The number of amidine groups is 1. The van der Waals surface area contributed by atoms with E-state index in [1.165, 1.54) is 18.2 Å². The molecular weight excluding hydrogens is 427 g/mol. The standard InChI is InChI=1S/C23H20BF2N5O2/c1-31-9-8-27-21(31)13-2-5-16(18(26)10-13)22(32)29-19-6-4-15(25)11-17(19)23(33)30-20-7-3-14(24)12-28-20/h2-7,10-12H,8-9,24H2,1H3,(H,29,32)(H,28,30,33). The molecule has 0 radical (unpaired) electrons. The Hall–Kier alpha value is -4.08. The van der Waals surface area contributed by atoms with Crippen molar-refractivity contribution in [1.82, 2.24) is 9.88 Å². The summed E-state index contributed by atoms with van der Waals surface area (Å²) in [6, 6.07) is 10.9. The van der Waals surface area contributed by atoms with E-state index in [0.29, 0.717) is 17.9 Å². The second kappa shape index (κ2) is 9.19. The Morgan fingerprint density at radius 1 is 1.00 bits per heavy atom. The van der Waals surface area contributed by atoms with Crippen LogP contribution in [0.2, 0.25) is 0 Å². The average molecular weight is 447 g/mol. The zero-order valence-corrected chi connectivity index (χ0v) is 18.0. The van der Waals surface area contributed by atoms with E-state index in [2.05, 4.69) is 20.6 Å². The lowest BCUT2D eigenvalue weighted by Crippen LogP contribution is -2.24. The number of carbonyl (C=O) groups excluding carboxylic acids is 2. The van der Waals surface area contributed by atoms with Gasteiger partial charge in [0.15, 0.2) is 0 Å². The van der Waals surface area contributed by atoms with Gasteiger partial charge >= 0.3 is 0 Å². The zero-order valence-electron chi connectivity index (χ0n) is 18.0. The molecule has 0 saturated carbocycles. The van der Waals surface area contributed by atoms with Crippen LogP contribution in [-0.2, 0) is 0 Å². The van der Waals surface area contributed by atoms with Crippen LogP contribution in [0.4, 0.5) is 20.3 Å². The molecule has 2 amide bonds. The summed E-state index contributed by atoms with van der Waals surface area (Å²) in [5.41, 5.74) is 1.18. The third-order valence-electron chi connectivity index (χ3n) is 5.16. The number of halogens is 2. The molecule has 1 aromatic heterocycles. The summed E-state index contributed by atoms with van der Waals surface area (Å²) in [4.78, 5) is 35.8. The number of nitrogens with zero attached hydrogens (tertiary/aromatic N) is 3. The van der Waals surface area contributed by atoms with E-state index in [9.17, 15) is 18.4 Å². The maximum Gasteiger partial charge on any atom is 0.259 e. The number of pyridine rings is 1. The number of benzene rings is 2. The first kappa shape index (κ1) is 22.1. The van der Waals surface area contributed by atoms with Gasteiger partial charge in [-0.1, -0.05) is 17.6 Å². The molecule has 3 aromatic rings. The number of anilines is 2. The molecule has 1 aliphatic heterocycles. The minimum Gasteiger partial charge on any atom is -0.358 e. The Balaban J connectivity index is 1.56. The van der Waals surface area contributed by atoms with E-state index in [1.807, 2.05) is 19.8 Å². The van der Waals surface area contributed by atoms with Gasteiger partial charge in [0.05, 0.1) is 23.4 Å². The topological polar surface area (TPSA) is 86.7 Å². The molecule has 0 spiro atoms. The summed E-state index contributed by atoms with van der Waals surface area (Å²) in [6.45, 7) is 1.37. The summed E-state index contributed by atoms with van der Waals surface area (Å²) >= 11 is 0. The first-order valence-corrected chi connectivity index (χ1v) is 10.2. The van der Waals surface area contributed by atoms with Crippen molar-refractivity contribution in [2.24, 2.45) is 4.99 Å². The van der Waals surface area contributed by atoms with Crippen molar-refractivity contribution in [1.29, 1.82) is 0 Å². The third kappa shape index (κ3) is 4.89. The van der Waals surface area contributed by atoms with E-state index in [0.717, 1.165) is 24.1 Å². The highest BCUT2D eigenvalue weighted by Crippen LogP contribution is 2.21. The van der Waals surface area contributed by atoms with Crippen LogP contribution in [0.3, 0.4) is 0 Å². The molecule has 2 N–H and O–H groups in total. The number of hydrogen-bond donors (Lipinski definition) is 2. The maximum absolute atomic E-state index is 14.7. The Morgan fingerprint density at radius 2 is 1.79 bits per heavy atom. The van der Waals surface area contributed by atoms with Gasteiger partial charge in [-0.25, -0.2) is 13.8 Å². The van der Waals surface area contributed by atoms with E-state index in [4.69, 9.17) is 0 Å². The van der Waals surface area contributed by atoms with Gasteiger partial charge in [-0.3, -0.25) is 14.6 Å². The highest BCUT2D eigenvalue weighted by molar-refractivity contribution is 6.32. The van der Waals surface area contributed by atoms with E-state index in [1.54, 1.807) is 24.4 Å². The molecule has 2 aromatic carbocycles. The van der Waals surface area contributed by atoms with Crippen LogP contribution in [0, 0.1) is 11.6 Å². The monoisotopic (exact) mass is 447 g/mol. The van der Waals surface area contributed by atoms with Gasteiger partial charge in [0.2, 0.25) is 0 Å². The lowest BCUT2D eigenvalue weighted by Gasteiger charge is -2.15. The molecule has 1 aliphatic rings. The Morgan fingerprint density at radius 3 is 2.45 bits per heavy atom. The molecule has 4 rings (SSSR count). The molecule has 166 valence electrons. The second-order valence-electron chi connectivity index (χ2n) is 7.64. The van der Waals surface area contributed by atoms with Gasteiger partial charge in [0.1, 0.15) is 31.1 Å². The highest BCUT2D eigenvalue weighted by atomic mass is 19.1. The first-order valence-electron chi connectivity index (χ1n) is 10.2. The summed E-state index contributed by atoms with van der Waals surface area (Å²) < 4.78 is 28.6. The van der Waals surface area contributed by atoms with Gasteiger partial charge in [-0.05, 0) is 36.4 Å². The minimum atomic E-state index is -0.769. The number of hydrogen-bond acceptors (Lipinski definition) is 5. The summed E-state index contributed by atoms with van der Waals surface area (Å²) in [6.07, 6.45) is 1.57. The zero-order chi connectivity index (χ0) is 23.5. The molecule has 0 aliphatic carbocycles. The lowest BCUT2D eigenvalue weighted by atomic mass is 9.99. The minimum absolute atomic E-state index is 0.0365. The molecule has 7 nitrogen and oxygen atoms in total. The molecule has 2 heterocycles. The Bertz CT molecular complexity index is 1260. The quantitative estimate of drug-likeness (QED) is 0.585. The van der Waals surface area contributed by atoms with Crippen molar-refractivity contribution in [2.45, 2.75) is 0 Å². The largest absolute Gasteiger partial charge is 0.358 e. The van der Waals surface area contributed by atoms with Gasteiger partial charge in [-0.2, -0.15) is 0 Å². The van der Waals surface area contributed by atoms with E-state index in [-0.39, 0.29) is 22.6 Å². The predicted molar refractivity (Wildman–Crippen MR) is 125 cm³/mol. The Kier molecular flexibility index (Phi) is 6.17. The SMILES string of the molecule is Bc1ccc(NC(=O)c2cc(F)ccc2NC(=O)c2ccc(C3=NCCN3C)cc2F)nc1. The summed E-state index contributed by atoms with van der Waals surface area (Å²) in [7, 11) is 3.71. The van der Waals surface area contributed by atoms with Crippen LogP contribution in [0.15, 0.2) is 59.7 Å². The van der Waals surface area contributed by atoms with Crippen LogP contribution in [0.5, 0.6) is 0 Å². The Labute approximate surface area is 190 Å². The van der Waals surface area contributed by atoms with Crippen LogP contribution in [-0.4, -0.2) is 55.5 Å². The lowest BCUT2D eigenvalue weighted by molar-refractivity contribution is 0.102. The van der Waals surface area contributed by atoms with Crippen molar-refractivity contribution >= 4 is 42.5 Å². The molecule has 0 bridgehead atoms. The number of rotatable bonds is 5. The molecule has 0 fully saturated rings. The van der Waals surface area contributed by atoms with Crippen molar-refractivity contribution in [3.8, 4) is 0 Å². The molecule has 33 heavy (non-hydrogen) atoms. The van der Waals surface area contributed by atoms with E-state index < -0.39 is 23.4 Å². The smallest absolute Gasteiger partial charge is 0.259 e. The van der Waals surface area contributed by atoms with Gasteiger partial charge < -0.3 is 15.5 Å². The number of aromatic nitrogens is 1. The fraction of sp³-hybridized carbons (Fsp3) is 0.130. The number of amides is 2. The van der Waals surface area contributed by atoms with Gasteiger partial charge in [0, 0.05) is 25.4 Å². The first-order chi connectivity index (χ1) is 15.8. The summed E-state index contributed by atoms with van der Waals surface area (Å²) in [5, 5.41) is 5.06. The van der Waals surface area contributed by atoms with Gasteiger partial charge in [0.25, 0.3) is 11.8 Å². The van der Waals surface area contributed by atoms with Crippen LogP contribution < -0.4 is 16.1 Å².